The Morgan fingerprint density at radius 2 is 1.96 bits per heavy atom. The molecule has 1 amide bonds. The topological polar surface area (TPSA) is 61.8 Å². The summed E-state index contributed by atoms with van der Waals surface area (Å²) in [5.74, 6) is 0. The molecule has 1 aromatic rings. The lowest BCUT2D eigenvalue weighted by Crippen LogP contribution is -2.43. The first kappa shape index (κ1) is 17.8. The molecule has 0 aromatic heterocycles. The van der Waals surface area contributed by atoms with E-state index in [9.17, 15) is 9.90 Å². The van der Waals surface area contributed by atoms with Crippen molar-refractivity contribution in [2.24, 2.45) is 0 Å². The third kappa shape index (κ3) is 5.22. The minimum atomic E-state index is -0.930. The molecule has 5 nitrogen and oxygen atoms in total. The third-order valence-electron chi connectivity index (χ3n) is 3.97. The first-order valence-electron chi connectivity index (χ1n) is 8.17. The van der Waals surface area contributed by atoms with Crippen molar-refractivity contribution < 1.29 is 14.6 Å². The summed E-state index contributed by atoms with van der Waals surface area (Å²) < 4.78 is 5.39. The van der Waals surface area contributed by atoms with Gasteiger partial charge < -0.3 is 20.1 Å². The number of likely N-dealkylation sites (tertiary alicyclic amines) is 1. The SMILES string of the molecule is CC(C)(C)OC(=O)N1CCC(NCC(C)(O)c2ccccc2)C1. The van der Waals surface area contributed by atoms with Crippen LogP contribution in [0.1, 0.15) is 39.7 Å². The fraction of sp³-hybridized carbons (Fsp3) is 0.611. The molecule has 1 aliphatic rings. The molecule has 1 saturated heterocycles. The first-order chi connectivity index (χ1) is 10.7. The zero-order chi connectivity index (χ0) is 17.1. The van der Waals surface area contributed by atoms with Crippen LogP contribution >= 0.6 is 0 Å². The smallest absolute Gasteiger partial charge is 0.410 e. The maximum absolute atomic E-state index is 12.1. The quantitative estimate of drug-likeness (QED) is 0.895. The van der Waals surface area contributed by atoms with Crippen molar-refractivity contribution in [2.45, 2.75) is 51.4 Å². The minimum Gasteiger partial charge on any atom is -0.444 e. The van der Waals surface area contributed by atoms with Crippen LogP contribution in [0.15, 0.2) is 30.3 Å². The van der Waals surface area contributed by atoms with Gasteiger partial charge in [-0.05, 0) is 39.7 Å². The number of hydrogen-bond acceptors (Lipinski definition) is 4. The molecule has 0 spiro atoms. The maximum Gasteiger partial charge on any atom is 0.410 e. The summed E-state index contributed by atoms with van der Waals surface area (Å²) in [5, 5.41) is 14.0. The van der Waals surface area contributed by atoms with Crippen molar-refractivity contribution in [3.63, 3.8) is 0 Å². The van der Waals surface area contributed by atoms with Gasteiger partial charge in [0, 0.05) is 25.7 Å². The monoisotopic (exact) mass is 320 g/mol. The van der Waals surface area contributed by atoms with Gasteiger partial charge in [0.25, 0.3) is 0 Å². The lowest BCUT2D eigenvalue weighted by atomic mass is 9.96. The van der Waals surface area contributed by atoms with Gasteiger partial charge in [0.15, 0.2) is 0 Å². The summed E-state index contributed by atoms with van der Waals surface area (Å²) in [6, 6.07) is 9.79. The summed E-state index contributed by atoms with van der Waals surface area (Å²) in [5.41, 5.74) is -0.519. The number of ether oxygens (including phenoxy) is 1. The first-order valence-corrected chi connectivity index (χ1v) is 8.17. The molecule has 23 heavy (non-hydrogen) atoms. The van der Waals surface area contributed by atoms with Crippen LogP contribution in [0.25, 0.3) is 0 Å². The van der Waals surface area contributed by atoms with Gasteiger partial charge in [-0.1, -0.05) is 30.3 Å². The summed E-state index contributed by atoms with van der Waals surface area (Å²) >= 11 is 0. The highest BCUT2D eigenvalue weighted by atomic mass is 16.6. The van der Waals surface area contributed by atoms with Crippen molar-refractivity contribution in [1.29, 1.82) is 0 Å². The van der Waals surface area contributed by atoms with E-state index in [1.165, 1.54) is 0 Å². The molecule has 5 heteroatoms. The Hall–Kier alpha value is -1.59. The van der Waals surface area contributed by atoms with Crippen molar-refractivity contribution in [1.82, 2.24) is 10.2 Å². The highest BCUT2D eigenvalue weighted by Crippen LogP contribution is 2.20. The number of nitrogens with zero attached hydrogens (tertiary/aromatic N) is 1. The summed E-state index contributed by atoms with van der Waals surface area (Å²) in [4.78, 5) is 13.8. The van der Waals surface area contributed by atoms with E-state index in [0.717, 1.165) is 12.0 Å². The van der Waals surface area contributed by atoms with Crippen molar-refractivity contribution in [3.05, 3.63) is 35.9 Å². The van der Waals surface area contributed by atoms with Crippen LogP contribution in [0.2, 0.25) is 0 Å². The van der Waals surface area contributed by atoms with E-state index < -0.39 is 11.2 Å². The normalized spacial score (nSPS) is 21.1. The van der Waals surface area contributed by atoms with Gasteiger partial charge in [-0.3, -0.25) is 0 Å². The molecular formula is C18H28N2O3. The number of hydrogen-bond donors (Lipinski definition) is 2. The Kier molecular flexibility index (Phi) is 5.32. The van der Waals surface area contributed by atoms with Gasteiger partial charge >= 0.3 is 6.09 Å². The van der Waals surface area contributed by atoms with Gasteiger partial charge in [0.05, 0.1) is 5.60 Å². The fourth-order valence-electron chi connectivity index (χ4n) is 2.66. The summed E-state index contributed by atoms with van der Waals surface area (Å²) in [6.45, 7) is 9.15. The molecule has 2 atom stereocenters. The fourth-order valence-corrected chi connectivity index (χ4v) is 2.66. The van der Waals surface area contributed by atoms with Crippen LogP contribution in [0, 0.1) is 0 Å². The number of benzene rings is 1. The molecular weight excluding hydrogens is 292 g/mol. The molecule has 2 rings (SSSR count). The van der Waals surface area contributed by atoms with Crippen LogP contribution < -0.4 is 5.32 Å². The Morgan fingerprint density at radius 1 is 1.30 bits per heavy atom. The molecule has 0 aliphatic carbocycles. The lowest BCUT2D eigenvalue weighted by molar-refractivity contribution is 0.0286. The third-order valence-corrected chi connectivity index (χ3v) is 3.97. The number of aliphatic hydroxyl groups is 1. The number of amides is 1. The molecule has 0 radical (unpaired) electrons. The Labute approximate surface area is 138 Å². The van der Waals surface area contributed by atoms with Crippen LogP contribution in [0.3, 0.4) is 0 Å². The molecule has 0 saturated carbocycles. The molecule has 0 bridgehead atoms. The predicted octanol–water partition coefficient (Wildman–Crippen LogP) is 2.49. The zero-order valence-electron chi connectivity index (χ0n) is 14.5. The van der Waals surface area contributed by atoms with Gasteiger partial charge in [0.1, 0.15) is 5.60 Å². The number of carbonyl (C=O) groups excluding carboxylic acids is 1. The number of rotatable bonds is 4. The van der Waals surface area contributed by atoms with Crippen molar-refractivity contribution in [3.8, 4) is 0 Å². The van der Waals surface area contributed by atoms with Crippen LogP contribution in [0.4, 0.5) is 4.79 Å². The van der Waals surface area contributed by atoms with E-state index in [1.807, 2.05) is 51.1 Å². The zero-order valence-corrected chi connectivity index (χ0v) is 14.5. The number of nitrogens with one attached hydrogen (secondary N) is 1. The molecule has 2 unspecified atom stereocenters. The molecule has 1 heterocycles. The van der Waals surface area contributed by atoms with Crippen LogP contribution in [-0.4, -0.2) is 47.4 Å². The van der Waals surface area contributed by atoms with Crippen molar-refractivity contribution >= 4 is 6.09 Å². The molecule has 128 valence electrons. The number of carbonyl (C=O) groups is 1. The van der Waals surface area contributed by atoms with E-state index in [2.05, 4.69) is 5.32 Å². The van der Waals surface area contributed by atoms with Gasteiger partial charge in [-0.2, -0.15) is 0 Å². The Morgan fingerprint density at radius 3 is 2.57 bits per heavy atom. The average Bonchev–Trinajstić information content (AvgIpc) is 2.94. The molecule has 1 fully saturated rings. The minimum absolute atomic E-state index is 0.178. The van der Waals surface area contributed by atoms with E-state index in [4.69, 9.17) is 4.74 Å². The maximum atomic E-state index is 12.1. The summed E-state index contributed by atoms with van der Waals surface area (Å²) in [7, 11) is 0. The highest BCUT2D eigenvalue weighted by Gasteiger charge is 2.31. The van der Waals surface area contributed by atoms with Crippen molar-refractivity contribution in [2.75, 3.05) is 19.6 Å². The molecule has 1 aliphatic heterocycles. The molecule has 2 N–H and O–H groups in total. The Bertz CT molecular complexity index is 523. The second-order valence-electron chi connectivity index (χ2n) is 7.43. The largest absolute Gasteiger partial charge is 0.444 e. The van der Waals surface area contributed by atoms with E-state index in [-0.39, 0.29) is 12.1 Å². The lowest BCUT2D eigenvalue weighted by Gasteiger charge is -2.27. The van der Waals surface area contributed by atoms with Crippen LogP contribution in [-0.2, 0) is 10.3 Å². The molecule has 1 aromatic carbocycles. The average molecular weight is 320 g/mol. The van der Waals surface area contributed by atoms with E-state index >= 15 is 0 Å². The Balaban J connectivity index is 1.83. The predicted molar refractivity (Wildman–Crippen MR) is 90.2 cm³/mol. The standard InChI is InChI=1S/C18H28N2O3/c1-17(2,3)23-16(21)20-11-10-15(12-20)19-13-18(4,22)14-8-6-5-7-9-14/h5-9,15,19,22H,10-13H2,1-4H3. The van der Waals surface area contributed by atoms with E-state index in [1.54, 1.807) is 11.8 Å². The van der Waals surface area contributed by atoms with Gasteiger partial charge in [-0.15, -0.1) is 0 Å². The van der Waals surface area contributed by atoms with Gasteiger partial charge in [0.2, 0.25) is 0 Å². The van der Waals surface area contributed by atoms with Crippen LogP contribution in [0.5, 0.6) is 0 Å². The highest BCUT2D eigenvalue weighted by molar-refractivity contribution is 5.68. The van der Waals surface area contributed by atoms with Gasteiger partial charge in [-0.25, -0.2) is 4.79 Å². The summed E-state index contributed by atoms with van der Waals surface area (Å²) in [6.07, 6.45) is 0.598. The van der Waals surface area contributed by atoms with E-state index in [0.29, 0.717) is 19.6 Å². The second kappa shape index (κ2) is 6.89. The second-order valence-corrected chi connectivity index (χ2v) is 7.43.